The maximum absolute atomic E-state index is 12.7. The number of phosphoric ester groups is 1. The number of aliphatic hydroxyl groups is 1. The Bertz CT molecular complexity index is 789. The van der Waals surface area contributed by atoms with Crippen molar-refractivity contribution in [1.82, 2.24) is 5.32 Å². The standard InChI is InChI=1S/C38H77N2O6P/c1-6-8-10-12-14-16-17-18-19-20-21-22-24-25-27-29-31-37(41)36(35-46-47(43,44)45-34-33-40(3,4)5)39-38(42)32-30-28-26-23-15-13-11-9-7-2/h22,24,36-37,41H,6-21,23,25-35H2,1-5H3,(H-,39,42,43,44)/p+1/b24-22+/t36-,37+/m1/s1. The van der Waals surface area contributed by atoms with Gasteiger partial charge in [0.15, 0.2) is 0 Å². The van der Waals surface area contributed by atoms with Crippen molar-refractivity contribution < 1.29 is 32.9 Å². The van der Waals surface area contributed by atoms with E-state index in [1.165, 1.54) is 103 Å². The molecule has 0 fully saturated rings. The molecule has 0 aliphatic rings. The Morgan fingerprint density at radius 1 is 0.702 bits per heavy atom. The number of carbonyl (C=O) groups is 1. The molecule has 0 aromatic carbocycles. The quantitative estimate of drug-likeness (QED) is 0.0265. The molecule has 0 saturated heterocycles. The normalized spacial score (nSPS) is 14.8. The summed E-state index contributed by atoms with van der Waals surface area (Å²) in [6.07, 6.45) is 32.4. The molecule has 47 heavy (non-hydrogen) atoms. The van der Waals surface area contributed by atoms with Gasteiger partial charge in [0.25, 0.3) is 0 Å². The molecule has 0 aromatic heterocycles. The summed E-state index contributed by atoms with van der Waals surface area (Å²) in [6.45, 7) is 4.83. The number of quaternary nitrogens is 1. The first-order valence-corrected chi connectivity index (χ1v) is 21.0. The smallest absolute Gasteiger partial charge is 0.391 e. The summed E-state index contributed by atoms with van der Waals surface area (Å²) < 4.78 is 23.5. The van der Waals surface area contributed by atoms with Crippen LogP contribution in [0.1, 0.15) is 174 Å². The van der Waals surface area contributed by atoms with E-state index in [2.05, 4.69) is 31.3 Å². The summed E-state index contributed by atoms with van der Waals surface area (Å²) in [5.74, 6) is -0.158. The number of allylic oxidation sites excluding steroid dienone is 2. The van der Waals surface area contributed by atoms with Crippen LogP contribution in [0.4, 0.5) is 0 Å². The van der Waals surface area contributed by atoms with E-state index in [9.17, 15) is 19.4 Å². The Kier molecular flexibility index (Phi) is 30.7. The minimum atomic E-state index is -4.31. The molecular formula is C38H78N2O6P+. The zero-order valence-corrected chi connectivity index (χ0v) is 32.4. The fourth-order valence-corrected chi connectivity index (χ4v) is 6.30. The molecule has 0 aromatic rings. The van der Waals surface area contributed by atoms with Crippen LogP contribution in [0.2, 0.25) is 0 Å². The van der Waals surface area contributed by atoms with Crippen molar-refractivity contribution in [3.05, 3.63) is 12.2 Å². The van der Waals surface area contributed by atoms with E-state index in [1.807, 2.05) is 21.1 Å². The summed E-state index contributed by atoms with van der Waals surface area (Å²) in [6, 6.07) is -0.768. The summed E-state index contributed by atoms with van der Waals surface area (Å²) in [4.78, 5) is 22.9. The van der Waals surface area contributed by atoms with Crippen molar-refractivity contribution in [3.8, 4) is 0 Å². The molecule has 9 heteroatoms. The van der Waals surface area contributed by atoms with Crippen molar-refractivity contribution in [2.24, 2.45) is 0 Å². The van der Waals surface area contributed by atoms with Gasteiger partial charge in [-0.3, -0.25) is 13.8 Å². The zero-order chi connectivity index (χ0) is 35.1. The highest BCUT2D eigenvalue weighted by Crippen LogP contribution is 2.43. The molecule has 0 spiro atoms. The van der Waals surface area contributed by atoms with E-state index < -0.39 is 20.0 Å². The lowest BCUT2D eigenvalue weighted by Crippen LogP contribution is -2.46. The van der Waals surface area contributed by atoms with Gasteiger partial charge in [-0.2, -0.15) is 0 Å². The van der Waals surface area contributed by atoms with Crippen LogP contribution in [-0.4, -0.2) is 73.4 Å². The van der Waals surface area contributed by atoms with Crippen LogP contribution in [0.5, 0.6) is 0 Å². The summed E-state index contributed by atoms with van der Waals surface area (Å²) in [5, 5.41) is 13.8. The van der Waals surface area contributed by atoms with Crippen LogP contribution >= 0.6 is 7.82 Å². The van der Waals surface area contributed by atoms with E-state index in [0.717, 1.165) is 44.9 Å². The second-order valence-corrected chi connectivity index (χ2v) is 16.1. The van der Waals surface area contributed by atoms with Crippen LogP contribution < -0.4 is 5.32 Å². The molecule has 0 aliphatic heterocycles. The first-order chi connectivity index (χ1) is 22.5. The minimum absolute atomic E-state index is 0.0716. The van der Waals surface area contributed by atoms with Crippen LogP contribution in [0.3, 0.4) is 0 Å². The van der Waals surface area contributed by atoms with E-state index >= 15 is 0 Å². The molecule has 0 aliphatic carbocycles. The topological polar surface area (TPSA) is 105 Å². The van der Waals surface area contributed by atoms with Gasteiger partial charge >= 0.3 is 7.82 Å². The Hall–Kier alpha value is -0.760. The van der Waals surface area contributed by atoms with Crippen LogP contribution in [-0.2, 0) is 18.4 Å². The maximum Gasteiger partial charge on any atom is 0.472 e. The zero-order valence-electron chi connectivity index (χ0n) is 31.5. The predicted octanol–water partition coefficient (Wildman–Crippen LogP) is 10.0. The lowest BCUT2D eigenvalue weighted by molar-refractivity contribution is -0.870. The lowest BCUT2D eigenvalue weighted by atomic mass is 10.0. The van der Waals surface area contributed by atoms with Crippen molar-refractivity contribution in [1.29, 1.82) is 0 Å². The van der Waals surface area contributed by atoms with Gasteiger partial charge in [0.1, 0.15) is 13.2 Å². The highest BCUT2D eigenvalue weighted by atomic mass is 31.2. The van der Waals surface area contributed by atoms with Gasteiger partial charge in [0, 0.05) is 6.42 Å². The van der Waals surface area contributed by atoms with Gasteiger partial charge in [-0.05, 0) is 38.5 Å². The number of hydrogen-bond donors (Lipinski definition) is 3. The number of nitrogens with one attached hydrogen (secondary N) is 1. The molecule has 1 unspecified atom stereocenters. The Balaban J connectivity index is 4.45. The first-order valence-electron chi connectivity index (χ1n) is 19.6. The number of phosphoric acid groups is 1. The molecule has 0 rings (SSSR count). The number of nitrogens with zero attached hydrogens (tertiary/aromatic N) is 1. The molecule has 0 heterocycles. The molecular weight excluding hydrogens is 611 g/mol. The largest absolute Gasteiger partial charge is 0.472 e. The van der Waals surface area contributed by atoms with Crippen molar-refractivity contribution in [3.63, 3.8) is 0 Å². The fourth-order valence-electron chi connectivity index (χ4n) is 5.57. The Morgan fingerprint density at radius 2 is 1.15 bits per heavy atom. The average Bonchev–Trinajstić information content (AvgIpc) is 3.01. The molecule has 280 valence electrons. The summed E-state index contributed by atoms with van der Waals surface area (Å²) in [5.41, 5.74) is 0. The van der Waals surface area contributed by atoms with Crippen LogP contribution in [0, 0.1) is 0 Å². The van der Waals surface area contributed by atoms with Crippen molar-refractivity contribution in [2.45, 2.75) is 187 Å². The highest BCUT2D eigenvalue weighted by molar-refractivity contribution is 7.47. The third-order valence-electron chi connectivity index (χ3n) is 8.76. The van der Waals surface area contributed by atoms with Crippen molar-refractivity contribution >= 4 is 13.7 Å². The van der Waals surface area contributed by atoms with Gasteiger partial charge < -0.3 is 19.8 Å². The summed E-state index contributed by atoms with van der Waals surface area (Å²) in [7, 11) is 1.60. The Morgan fingerprint density at radius 3 is 1.64 bits per heavy atom. The van der Waals surface area contributed by atoms with E-state index in [0.29, 0.717) is 23.9 Å². The number of likely N-dealkylation sites (N-methyl/N-ethyl adjacent to an activating group) is 1. The highest BCUT2D eigenvalue weighted by Gasteiger charge is 2.28. The van der Waals surface area contributed by atoms with Crippen LogP contribution in [0.25, 0.3) is 0 Å². The third-order valence-corrected chi connectivity index (χ3v) is 9.75. The lowest BCUT2D eigenvalue weighted by Gasteiger charge is -2.26. The molecule has 8 nitrogen and oxygen atoms in total. The van der Waals surface area contributed by atoms with Gasteiger partial charge in [0.05, 0.1) is 39.9 Å². The maximum atomic E-state index is 12.7. The number of unbranched alkanes of at least 4 members (excludes halogenated alkanes) is 20. The Labute approximate surface area is 291 Å². The fraction of sp³-hybridized carbons (Fsp3) is 0.921. The third kappa shape index (κ3) is 33.5. The van der Waals surface area contributed by atoms with Gasteiger partial charge in [-0.1, -0.05) is 142 Å². The second kappa shape index (κ2) is 31.2. The van der Waals surface area contributed by atoms with E-state index in [-0.39, 0.29) is 19.1 Å². The SMILES string of the molecule is CCCCCCCCCCCC/C=C/CCCC[C@H](O)[C@@H](COP(=O)(O)OCC[N+](C)(C)C)NC(=O)CCCCCCCCCCC. The summed E-state index contributed by atoms with van der Waals surface area (Å²) >= 11 is 0. The number of hydrogen-bond acceptors (Lipinski definition) is 5. The number of rotatable bonds is 35. The molecule has 0 bridgehead atoms. The molecule has 1 amide bonds. The molecule has 3 atom stereocenters. The first kappa shape index (κ1) is 46.2. The van der Waals surface area contributed by atoms with Crippen molar-refractivity contribution in [2.75, 3.05) is 40.9 Å². The monoisotopic (exact) mass is 690 g/mol. The second-order valence-electron chi connectivity index (χ2n) is 14.7. The van der Waals surface area contributed by atoms with Crippen LogP contribution in [0.15, 0.2) is 12.2 Å². The molecule has 0 radical (unpaired) electrons. The van der Waals surface area contributed by atoms with E-state index in [1.54, 1.807) is 0 Å². The number of aliphatic hydroxyl groups excluding tert-OH is 1. The molecule has 3 N–H and O–H groups in total. The van der Waals surface area contributed by atoms with Gasteiger partial charge in [0.2, 0.25) is 5.91 Å². The number of amides is 1. The number of carbonyl (C=O) groups excluding carboxylic acids is 1. The van der Waals surface area contributed by atoms with E-state index in [4.69, 9.17) is 9.05 Å². The van der Waals surface area contributed by atoms with Gasteiger partial charge in [-0.15, -0.1) is 0 Å². The average molecular weight is 690 g/mol. The van der Waals surface area contributed by atoms with Gasteiger partial charge in [-0.25, -0.2) is 4.57 Å². The molecule has 0 saturated carbocycles. The predicted molar refractivity (Wildman–Crippen MR) is 198 cm³/mol. The minimum Gasteiger partial charge on any atom is -0.391 e.